The molecule has 1 aromatic carbocycles. The maximum atomic E-state index is 13.1. The Balaban J connectivity index is 0.00000112. The predicted octanol–water partition coefficient (Wildman–Crippen LogP) is 3.31. The Hall–Kier alpha value is -0.310. The summed E-state index contributed by atoms with van der Waals surface area (Å²) in [5.41, 5.74) is 0.801. The zero-order chi connectivity index (χ0) is 10.2. The van der Waals surface area contributed by atoms with E-state index in [1.54, 1.807) is 0 Å². The van der Waals surface area contributed by atoms with Gasteiger partial charge in [-0.05, 0) is 24.6 Å². The van der Waals surface area contributed by atoms with E-state index < -0.39 is 6.17 Å². The number of benzene rings is 1. The van der Waals surface area contributed by atoms with Crippen LogP contribution in [0.25, 0.3) is 0 Å². The van der Waals surface area contributed by atoms with Gasteiger partial charge in [0.25, 0.3) is 0 Å². The van der Waals surface area contributed by atoms with Gasteiger partial charge in [-0.3, -0.25) is 0 Å². The highest BCUT2D eigenvalue weighted by Gasteiger charge is 2.36. The van der Waals surface area contributed by atoms with Crippen molar-refractivity contribution in [1.82, 2.24) is 5.32 Å². The van der Waals surface area contributed by atoms with Crippen molar-refractivity contribution >= 4 is 24.0 Å². The molecule has 15 heavy (non-hydrogen) atoms. The van der Waals surface area contributed by atoms with Crippen molar-refractivity contribution in [2.24, 2.45) is 0 Å². The SMILES string of the molecule is CC1(c2cccc(Cl)c2)CC(F)CN1.Cl. The van der Waals surface area contributed by atoms with Crippen molar-refractivity contribution in [1.29, 1.82) is 0 Å². The molecule has 1 aliphatic rings. The molecule has 1 N–H and O–H groups in total. The van der Waals surface area contributed by atoms with Gasteiger partial charge in [0.1, 0.15) is 6.17 Å². The van der Waals surface area contributed by atoms with Crippen molar-refractivity contribution in [3.63, 3.8) is 0 Å². The maximum Gasteiger partial charge on any atom is 0.115 e. The molecule has 0 spiro atoms. The Morgan fingerprint density at radius 2 is 2.27 bits per heavy atom. The molecule has 2 atom stereocenters. The number of hydrogen-bond donors (Lipinski definition) is 1. The van der Waals surface area contributed by atoms with E-state index in [1.807, 2.05) is 31.2 Å². The molecule has 4 heteroatoms. The predicted molar refractivity (Wildman–Crippen MR) is 63.6 cm³/mol. The third kappa shape index (κ3) is 2.63. The molecule has 0 amide bonds. The summed E-state index contributed by atoms with van der Waals surface area (Å²) in [5.74, 6) is 0. The second-order valence-electron chi connectivity index (χ2n) is 4.02. The molecule has 0 saturated carbocycles. The Labute approximate surface area is 100 Å². The van der Waals surface area contributed by atoms with E-state index in [9.17, 15) is 4.39 Å². The average Bonchev–Trinajstić information content (AvgIpc) is 2.48. The first-order chi connectivity index (χ1) is 6.60. The molecule has 2 unspecified atom stereocenters. The fraction of sp³-hybridized carbons (Fsp3) is 0.455. The third-order valence-corrected chi connectivity index (χ3v) is 3.04. The lowest BCUT2D eigenvalue weighted by atomic mass is 9.90. The molecule has 1 aliphatic heterocycles. The van der Waals surface area contributed by atoms with Crippen molar-refractivity contribution in [2.45, 2.75) is 25.1 Å². The summed E-state index contributed by atoms with van der Waals surface area (Å²) in [7, 11) is 0. The Bertz CT molecular complexity index is 345. The van der Waals surface area contributed by atoms with E-state index in [4.69, 9.17) is 11.6 Å². The Morgan fingerprint density at radius 1 is 1.53 bits per heavy atom. The molecule has 1 fully saturated rings. The van der Waals surface area contributed by atoms with Crippen molar-refractivity contribution in [2.75, 3.05) is 6.54 Å². The second kappa shape index (κ2) is 4.69. The average molecular weight is 250 g/mol. The van der Waals surface area contributed by atoms with Gasteiger partial charge >= 0.3 is 0 Å². The van der Waals surface area contributed by atoms with Crippen LogP contribution >= 0.6 is 24.0 Å². The molecular formula is C11H14Cl2FN. The van der Waals surface area contributed by atoms with Gasteiger partial charge in [0, 0.05) is 23.5 Å². The number of hydrogen-bond acceptors (Lipinski definition) is 1. The van der Waals surface area contributed by atoms with Crippen LogP contribution in [-0.2, 0) is 5.54 Å². The van der Waals surface area contributed by atoms with Gasteiger partial charge in [-0.15, -0.1) is 12.4 Å². The van der Waals surface area contributed by atoms with E-state index >= 15 is 0 Å². The fourth-order valence-electron chi connectivity index (χ4n) is 1.97. The van der Waals surface area contributed by atoms with Gasteiger partial charge in [-0.2, -0.15) is 0 Å². The van der Waals surface area contributed by atoms with Crippen LogP contribution in [0, 0.1) is 0 Å². The minimum absolute atomic E-state index is 0. The molecule has 1 saturated heterocycles. The first-order valence-corrected chi connectivity index (χ1v) is 5.13. The van der Waals surface area contributed by atoms with E-state index in [2.05, 4.69) is 5.32 Å². The summed E-state index contributed by atoms with van der Waals surface area (Å²) in [4.78, 5) is 0. The minimum atomic E-state index is -0.751. The van der Waals surface area contributed by atoms with Gasteiger partial charge in [-0.1, -0.05) is 23.7 Å². The lowest BCUT2D eigenvalue weighted by Gasteiger charge is -2.24. The molecule has 1 aromatic rings. The number of alkyl halides is 1. The molecule has 0 radical (unpaired) electrons. The van der Waals surface area contributed by atoms with Crippen molar-refractivity contribution in [3.05, 3.63) is 34.9 Å². The summed E-state index contributed by atoms with van der Waals surface area (Å²) in [6.07, 6.45) is -0.230. The van der Waals surface area contributed by atoms with Crippen LogP contribution in [-0.4, -0.2) is 12.7 Å². The van der Waals surface area contributed by atoms with Crippen molar-refractivity contribution < 1.29 is 4.39 Å². The van der Waals surface area contributed by atoms with Gasteiger partial charge < -0.3 is 5.32 Å². The maximum absolute atomic E-state index is 13.1. The van der Waals surface area contributed by atoms with Crippen LogP contribution in [0.5, 0.6) is 0 Å². The van der Waals surface area contributed by atoms with E-state index in [1.165, 1.54) is 0 Å². The lowest BCUT2D eigenvalue weighted by Crippen LogP contribution is -2.32. The second-order valence-corrected chi connectivity index (χ2v) is 4.46. The number of rotatable bonds is 1. The Morgan fingerprint density at radius 3 is 2.80 bits per heavy atom. The molecule has 0 aliphatic carbocycles. The van der Waals surface area contributed by atoms with Gasteiger partial charge in [0.2, 0.25) is 0 Å². The van der Waals surface area contributed by atoms with Crippen LogP contribution in [0.3, 0.4) is 0 Å². The molecule has 1 nitrogen and oxygen atoms in total. The molecular weight excluding hydrogens is 236 g/mol. The number of halogens is 3. The van der Waals surface area contributed by atoms with Crippen LogP contribution in [0.15, 0.2) is 24.3 Å². The Kier molecular flexibility index (Phi) is 3.99. The molecule has 1 heterocycles. The molecule has 0 bridgehead atoms. The zero-order valence-electron chi connectivity index (χ0n) is 8.47. The summed E-state index contributed by atoms with van der Waals surface area (Å²) >= 11 is 5.90. The van der Waals surface area contributed by atoms with Gasteiger partial charge in [0.05, 0.1) is 0 Å². The number of nitrogens with one attached hydrogen (secondary N) is 1. The molecule has 0 aromatic heterocycles. The normalized spacial score (nSPS) is 29.9. The summed E-state index contributed by atoms with van der Waals surface area (Å²) in [6.45, 7) is 2.45. The van der Waals surface area contributed by atoms with Crippen molar-refractivity contribution in [3.8, 4) is 0 Å². The quantitative estimate of drug-likeness (QED) is 0.806. The van der Waals surface area contributed by atoms with E-state index in [0.29, 0.717) is 18.0 Å². The van der Waals surface area contributed by atoms with Gasteiger partial charge in [-0.25, -0.2) is 4.39 Å². The molecule has 84 valence electrons. The van der Waals surface area contributed by atoms with Crippen LogP contribution < -0.4 is 5.32 Å². The summed E-state index contributed by atoms with van der Waals surface area (Å²) < 4.78 is 13.1. The largest absolute Gasteiger partial charge is 0.305 e. The van der Waals surface area contributed by atoms with Gasteiger partial charge in [0.15, 0.2) is 0 Å². The van der Waals surface area contributed by atoms with Crippen LogP contribution in [0.4, 0.5) is 4.39 Å². The highest BCUT2D eigenvalue weighted by atomic mass is 35.5. The minimum Gasteiger partial charge on any atom is -0.305 e. The summed E-state index contributed by atoms with van der Waals surface area (Å²) in [5, 5.41) is 3.89. The summed E-state index contributed by atoms with van der Waals surface area (Å²) in [6, 6.07) is 7.61. The van der Waals surface area contributed by atoms with E-state index in [-0.39, 0.29) is 17.9 Å². The molecule has 2 rings (SSSR count). The first kappa shape index (κ1) is 12.8. The monoisotopic (exact) mass is 249 g/mol. The highest BCUT2D eigenvalue weighted by molar-refractivity contribution is 6.30. The lowest BCUT2D eigenvalue weighted by molar-refractivity contribution is 0.333. The van der Waals surface area contributed by atoms with Crippen LogP contribution in [0.1, 0.15) is 18.9 Å². The topological polar surface area (TPSA) is 12.0 Å². The highest BCUT2D eigenvalue weighted by Crippen LogP contribution is 2.32. The standard InChI is InChI=1S/C11H13ClFN.ClH/c1-11(6-10(13)7-14-11)8-3-2-4-9(12)5-8;/h2-5,10,14H,6-7H2,1H3;1H. The zero-order valence-corrected chi connectivity index (χ0v) is 10.0. The smallest absolute Gasteiger partial charge is 0.115 e. The van der Waals surface area contributed by atoms with E-state index in [0.717, 1.165) is 5.56 Å². The first-order valence-electron chi connectivity index (χ1n) is 4.75. The van der Waals surface area contributed by atoms with Crippen LogP contribution in [0.2, 0.25) is 5.02 Å². The third-order valence-electron chi connectivity index (χ3n) is 2.81. The fourth-order valence-corrected chi connectivity index (χ4v) is 2.17.